The standard InChI is InChI=1S/C19H22O5/c1-13(19(20)23-4)15-10-16(21-2)18(17(11-15)22-3)24-12-14-8-6-5-7-9-14/h5-11,13H,12H2,1-4H3. The molecule has 2 rings (SSSR count). The summed E-state index contributed by atoms with van der Waals surface area (Å²) < 4.78 is 21.5. The van der Waals surface area contributed by atoms with E-state index in [4.69, 9.17) is 18.9 Å². The highest BCUT2D eigenvalue weighted by Crippen LogP contribution is 2.40. The highest BCUT2D eigenvalue weighted by molar-refractivity contribution is 5.78. The van der Waals surface area contributed by atoms with Gasteiger partial charge < -0.3 is 18.9 Å². The molecule has 0 amide bonds. The molecule has 128 valence electrons. The zero-order valence-electron chi connectivity index (χ0n) is 14.4. The van der Waals surface area contributed by atoms with E-state index in [0.717, 1.165) is 11.1 Å². The van der Waals surface area contributed by atoms with Gasteiger partial charge in [-0.25, -0.2) is 0 Å². The second kappa shape index (κ2) is 8.24. The first kappa shape index (κ1) is 17.7. The van der Waals surface area contributed by atoms with E-state index in [2.05, 4.69) is 0 Å². The van der Waals surface area contributed by atoms with Gasteiger partial charge in [-0.1, -0.05) is 30.3 Å². The first-order valence-corrected chi connectivity index (χ1v) is 7.61. The third-order valence-corrected chi connectivity index (χ3v) is 3.76. The van der Waals surface area contributed by atoms with E-state index in [1.807, 2.05) is 30.3 Å². The van der Waals surface area contributed by atoms with Crippen LogP contribution in [0.4, 0.5) is 0 Å². The summed E-state index contributed by atoms with van der Waals surface area (Å²) in [4.78, 5) is 11.8. The molecular weight excluding hydrogens is 308 g/mol. The molecule has 2 aromatic carbocycles. The van der Waals surface area contributed by atoms with Gasteiger partial charge in [0.1, 0.15) is 6.61 Å². The van der Waals surface area contributed by atoms with Crippen LogP contribution in [0.15, 0.2) is 42.5 Å². The van der Waals surface area contributed by atoms with Gasteiger partial charge >= 0.3 is 5.97 Å². The van der Waals surface area contributed by atoms with Crippen molar-refractivity contribution in [1.29, 1.82) is 0 Å². The predicted octanol–water partition coefficient (Wildman–Crippen LogP) is 3.56. The quantitative estimate of drug-likeness (QED) is 0.727. The van der Waals surface area contributed by atoms with Crippen molar-refractivity contribution in [1.82, 2.24) is 0 Å². The molecule has 5 heteroatoms. The molecule has 0 aliphatic carbocycles. The minimum Gasteiger partial charge on any atom is -0.493 e. The largest absolute Gasteiger partial charge is 0.493 e. The Morgan fingerprint density at radius 2 is 1.58 bits per heavy atom. The van der Waals surface area contributed by atoms with Crippen LogP contribution in [0.2, 0.25) is 0 Å². The van der Waals surface area contributed by atoms with Crippen LogP contribution in [0, 0.1) is 0 Å². The Morgan fingerprint density at radius 1 is 1.00 bits per heavy atom. The SMILES string of the molecule is COC(=O)C(C)c1cc(OC)c(OCc2ccccc2)c(OC)c1. The molecule has 0 saturated heterocycles. The van der Waals surface area contributed by atoms with E-state index in [1.54, 1.807) is 33.3 Å². The zero-order valence-corrected chi connectivity index (χ0v) is 14.4. The smallest absolute Gasteiger partial charge is 0.312 e. The lowest BCUT2D eigenvalue weighted by Gasteiger charge is -2.18. The van der Waals surface area contributed by atoms with Crippen molar-refractivity contribution in [3.8, 4) is 17.2 Å². The van der Waals surface area contributed by atoms with Crippen LogP contribution in [0.25, 0.3) is 0 Å². The minimum absolute atomic E-state index is 0.322. The summed E-state index contributed by atoms with van der Waals surface area (Å²) in [5, 5.41) is 0. The number of rotatable bonds is 7. The minimum atomic E-state index is -0.430. The number of methoxy groups -OCH3 is 3. The highest BCUT2D eigenvalue weighted by atomic mass is 16.5. The number of esters is 1. The molecule has 0 aromatic heterocycles. The molecule has 0 aliphatic rings. The lowest BCUT2D eigenvalue weighted by Crippen LogP contribution is -2.11. The number of benzene rings is 2. The van der Waals surface area contributed by atoms with E-state index < -0.39 is 5.92 Å². The van der Waals surface area contributed by atoms with E-state index in [-0.39, 0.29) is 5.97 Å². The molecular formula is C19H22O5. The van der Waals surface area contributed by atoms with Crippen molar-refractivity contribution >= 4 is 5.97 Å². The van der Waals surface area contributed by atoms with Crippen LogP contribution >= 0.6 is 0 Å². The van der Waals surface area contributed by atoms with Crippen molar-refractivity contribution in [3.63, 3.8) is 0 Å². The number of carbonyl (C=O) groups is 1. The predicted molar refractivity (Wildman–Crippen MR) is 90.8 cm³/mol. The van der Waals surface area contributed by atoms with E-state index in [0.29, 0.717) is 23.9 Å². The molecule has 0 bridgehead atoms. The van der Waals surface area contributed by atoms with Gasteiger partial charge in [-0.3, -0.25) is 4.79 Å². The third-order valence-electron chi connectivity index (χ3n) is 3.76. The number of hydrogen-bond acceptors (Lipinski definition) is 5. The summed E-state index contributed by atoms with van der Waals surface area (Å²) >= 11 is 0. The van der Waals surface area contributed by atoms with Crippen molar-refractivity contribution in [2.45, 2.75) is 19.4 Å². The Labute approximate surface area is 142 Å². The number of carbonyl (C=O) groups excluding carboxylic acids is 1. The van der Waals surface area contributed by atoms with Gasteiger partial charge in [-0.05, 0) is 30.2 Å². The Bertz CT molecular complexity index is 656. The number of ether oxygens (including phenoxy) is 4. The van der Waals surface area contributed by atoms with Gasteiger partial charge in [0, 0.05) is 0 Å². The van der Waals surface area contributed by atoms with Gasteiger partial charge in [0.25, 0.3) is 0 Å². The molecule has 0 aliphatic heterocycles. The van der Waals surface area contributed by atoms with Gasteiger partial charge in [0.05, 0.1) is 27.2 Å². The fraction of sp³-hybridized carbons (Fsp3) is 0.316. The molecule has 0 N–H and O–H groups in total. The molecule has 2 aromatic rings. The average molecular weight is 330 g/mol. The normalized spacial score (nSPS) is 11.5. The van der Waals surface area contributed by atoms with Gasteiger partial charge in [0.2, 0.25) is 5.75 Å². The van der Waals surface area contributed by atoms with Crippen LogP contribution in [0.5, 0.6) is 17.2 Å². The average Bonchev–Trinajstić information content (AvgIpc) is 2.65. The van der Waals surface area contributed by atoms with Crippen LogP contribution in [-0.4, -0.2) is 27.3 Å². The molecule has 0 radical (unpaired) electrons. The maximum atomic E-state index is 11.8. The maximum Gasteiger partial charge on any atom is 0.312 e. The molecule has 0 heterocycles. The third kappa shape index (κ3) is 3.98. The van der Waals surface area contributed by atoms with E-state index in [9.17, 15) is 4.79 Å². The van der Waals surface area contributed by atoms with Crippen LogP contribution in [0.1, 0.15) is 24.0 Å². The zero-order chi connectivity index (χ0) is 17.5. The molecule has 5 nitrogen and oxygen atoms in total. The van der Waals surface area contributed by atoms with Crippen molar-refractivity contribution < 1.29 is 23.7 Å². The van der Waals surface area contributed by atoms with Gasteiger partial charge in [-0.2, -0.15) is 0 Å². The Hall–Kier alpha value is -2.69. The van der Waals surface area contributed by atoms with Gasteiger partial charge in [0.15, 0.2) is 11.5 Å². The highest BCUT2D eigenvalue weighted by Gasteiger charge is 2.21. The monoisotopic (exact) mass is 330 g/mol. The van der Waals surface area contributed by atoms with E-state index >= 15 is 0 Å². The Kier molecular flexibility index (Phi) is 6.07. The van der Waals surface area contributed by atoms with E-state index in [1.165, 1.54) is 7.11 Å². The lowest BCUT2D eigenvalue weighted by atomic mass is 10.0. The van der Waals surface area contributed by atoms with Crippen LogP contribution in [0.3, 0.4) is 0 Å². The van der Waals surface area contributed by atoms with Crippen LogP contribution < -0.4 is 14.2 Å². The Morgan fingerprint density at radius 3 is 2.08 bits per heavy atom. The van der Waals surface area contributed by atoms with Crippen molar-refractivity contribution in [3.05, 3.63) is 53.6 Å². The molecule has 1 atom stereocenters. The summed E-state index contributed by atoms with van der Waals surface area (Å²) in [7, 11) is 4.47. The fourth-order valence-corrected chi connectivity index (χ4v) is 2.34. The molecule has 0 spiro atoms. The number of hydrogen-bond donors (Lipinski definition) is 0. The lowest BCUT2D eigenvalue weighted by molar-refractivity contribution is -0.141. The molecule has 0 saturated carbocycles. The molecule has 0 fully saturated rings. The Balaban J connectivity index is 2.31. The summed E-state index contributed by atoms with van der Waals surface area (Å²) in [5.74, 6) is 0.773. The summed E-state index contributed by atoms with van der Waals surface area (Å²) in [6.07, 6.45) is 0. The molecule has 1 unspecified atom stereocenters. The summed E-state index contributed by atoms with van der Waals surface area (Å²) in [5.41, 5.74) is 1.77. The van der Waals surface area contributed by atoms with Crippen molar-refractivity contribution in [2.24, 2.45) is 0 Å². The summed E-state index contributed by atoms with van der Waals surface area (Å²) in [6, 6.07) is 13.4. The second-order valence-corrected chi connectivity index (χ2v) is 5.27. The van der Waals surface area contributed by atoms with Gasteiger partial charge in [-0.15, -0.1) is 0 Å². The summed E-state index contributed by atoms with van der Waals surface area (Å²) in [6.45, 7) is 2.16. The van der Waals surface area contributed by atoms with Crippen LogP contribution in [-0.2, 0) is 16.1 Å². The topological polar surface area (TPSA) is 54.0 Å². The fourth-order valence-electron chi connectivity index (χ4n) is 2.34. The first-order valence-electron chi connectivity index (χ1n) is 7.61. The first-order chi connectivity index (χ1) is 11.6. The second-order valence-electron chi connectivity index (χ2n) is 5.27. The van der Waals surface area contributed by atoms with Crippen molar-refractivity contribution in [2.75, 3.05) is 21.3 Å². The maximum absolute atomic E-state index is 11.8. The molecule has 24 heavy (non-hydrogen) atoms.